The van der Waals surface area contributed by atoms with Crippen LogP contribution in [-0.4, -0.2) is 15.0 Å². The van der Waals surface area contributed by atoms with E-state index in [-0.39, 0.29) is 10.5 Å². The third kappa shape index (κ3) is 3.29. The van der Waals surface area contributed by atoms with Crippen molar-refractivity contribution in [1.82, 2.24) is 4.72 Å². The molecule has 1 N–H and O–H groups in total. The number of benzene rings is 1. The van der Waals surface area contributed by atoms with E-state index in [1.807, 2.05) is 13.0 Å². The Morgan fingerprint density at radius 1 is 1.41 bits per heavy atom. The van der Waals surface area contributed by atoms with Crippen LogP contribution in [0, 0.1) is 18.3 Å². The highest BCUT2D eigenvalue weighted by atomic mass is 32.2. The van der Waals surface area contributed by atoms with Crippen LogP contribution < -0.4 is 4.72 Å². The van der Waals surface area contributed by atoms with Gasteiger partial charge in [0.25, 0.3) is 0 Å². The second-order valence-corrected chi connectivity index (χ2v) is 5.55. The molecule has 92 valence electrons. The van der Waals surface area contributed by atoms with Crippen LogP contribution in [0.3, 0.4) is 0 Å². The summed E-state index contributed by atoms with van der Waals surface area (Å²) in [5.74, 6) is 0. The second-order valence-electron chi connectivity index (χ2n) is 3.81. The Balaban J connectivity index is 3.08. The first-order chi connectivity index (χ1) is 8.03. The van der Waals surface area contributed by atoms with E-state index in [1.165, 1.54) is 6.07 Å². The van der Waals surface area contributed by atoms with E-state index in [0.29, 0.717) is 12.1 Å². The van der Waals surface area contributed by atoms with E-state index in [0.717, 1.165) is 12.8 Å². The summed E-state index contributed by atoms with van der Waals surface area (Å²) in [5, 5.41) is 8.99. The van der Waals surface area contributed by atoms with Crippen LogP contribution in [0.2, 0.25) is 0 Å². The first-order valence-electron chi connectivity index (χ1n) is 5.52. The highest BCUT2D eigenvalue weighted by Gasteiger charge is 2.18. The molecule has 0 aromatic heterocycles. The van der Waals surface area contributed by atoms with E-state index >= 15 is 0 Å². The van der Waals surface area contributed by atoms with Crippen molar-refractivity contribution in [3.05, 3.63) is 29.3 Å². The maximum Gasteiger partial charge on any atom is 0.241 e. The van der Waals surface area contributed by atoms with Gasteiger partial charge < -0.3 is 0 Å². The van der Waals surface area contributed by atoms with E-state index in [9.17, 15) is 8.42 Å². The van der Waals surface area contributed by atoms with Gasteiger partial charge in [0.05, 0.1) is 10.5 Å². The molecular formula is C12H16N2O2S. The van der Waals surface area contributed by atoms with E-state index in [1.54, 1.807) is 19.1 Å². The van der Waals surface area contributed by atoms with Crippen LogP contribution >= 0.6 is 0 Å². The van der Waals surface area contributed by atoms with Crippen LogP contribution in [-0.2, 0) is 10.0 Å². The summed E-state index contributed by atoms with van der Waals surface area (Å²) in [4.78, 5) is 0.0658. The molecule has 0 aliphatic carbocycles. The van der Waals surface area contributed by atoms with Crippen LogP contribution in [0.1, 0.15) is 30.9 Å². The lowest BCUT2D eigenvalue weighted by atomic mass is 10.1. The molecule has 0 unspecified atom stereocenters. The molecule has 1 aromatic carbocycles. The minimum atomic E-state index is -3.57. The number of rotatable bonds is 5. The fourth-order valence-corrected chi connectivity index (χ4v) is 2.77. The van der Waals surface area contributed by atoms with Crippen LogP contribution in [0.25, 0.3) is 0 Å². The van der Waals surface area contributed by atoms with Gasteiger partial charge in [-0.3, -0.25) is 0 Å². The molecule has 0 amide bonds. The molecule has 0 fully saturated rings. The standard InChI is InChI=1S/C12H16N2O2S/c1-3-4-8-14-17(15,16)12-7-5-6-10(2)11(12)9-13/h5-7,14H,3-4,8H2,1-2H3. The fraction of sp³-hybridized carbons (Fsp3) is 0.417. The fourth-order valence-electron chi connectivity index (χ4n) is 1.47. The van der Waals surface area contributed by atoms with Crippen molar-refractivity contribution >= 4 is 10.0 Å². The Morgan fingerprint density at radius 3 is 2.71 bits per heavy atom. The number of unbranched alkanes of at least 4 members (excludes halogenated alkanes) is 1. The Hall–Kier alpha value is -1.38. The monoisotopic (exact) mass is 252 g/mol. The largest absolute Gasteiger partial charge is 0.241 e. The normalized spacial score (nSPS) is 11.1. The van der Waals surface area contributed by atoms with E-state index in [2.05, 4.69) is 4.72 Å². The number of nitriles is 1. The van der Waals surface area contributed by atoms with Crippen molar-refractivity contribution in [3.63, 3.8) is 0 Å². The summed E-state index contributed by atoms with van der Waals surface area (Å²) in [6.45, 7) is 4.11. The minimum absolute atomic E-state index is 0.0658. The van der Waals surface area contributed by atoms with Gasteiger partial charge in [-0.25, -0.2) is 13.1 Å². The summed E-state index contributed by atoms with van der Waals surface area (Å²) >= 11 is 0. The predicted octanol–water partition coefficient (Wildman–Crippen LogP) is 1.95. The van der Waals surface area contributed by atoms with Gasteiger partial charge in [-0.2, -0.15) is 5.26 Å². The predicted molar refractivity (Wildman–Crippen MR) is 66.0 cm³/mol. The molecule has 5 heteroatoms. The second kappa shape index (κ2) is 5.80. The maximum absolute atomic E-state index is 12.0. The summed E-state index contributed by atoms with van der Waals surface area (Å²) in [5.41, 5.74) is 0.891. The van der Waals surface area contributed by atoms with Crippen molar-refractivity contribution in [1.29, 1.82) is 5.26 Å². The van der Waals surface area contributed by atoms with Crippen LogP contribution in [0.15, 0.2) is 23.1 Å². The minimum Gasteiger partial charge on any atom is -0.211 e. The topological polar surface area (TPSA) is 70.0 Å². The molecule has 4 nitrogen and oxygen atoms in total. The van der Waals surface area contributed by atoms with Crippen molar-refractivity contribution in [2.75, 3.05) is 6.54 Å². The lowest BCUT2D eigenvalue weighted by Crippen LogP contribution is -2.25. The molecule has 0 radical (unpaired) electrons. The van der Waals surface area contributed by atoms with E-state index in [4.69, 9.17) is 5.26 Å². The van der Waals surface area contributed by atoms with Gasteiger partial charge in [-0.15, -0.1) is 0 Å². The molecule has 17 heavy (non-hydrogen) atoms. The summed E-state index contributed by atoms with van der Waals surface area (Å²) < 4.78 is 26.5. The molecule has 0 heterocycles. The Kier molecular flexibility index (Phi) is 4.67. The van der Waals surface area contributed by atoms with Gasteiger partial charge >= 0.3 is 0 Å². The molecule has 0 saturated carbocycles. The molecule has 1 aromatic rings. The molecule has 0 aliphatic heterocycles. The summed E-state index contributed by atoms with van der Waals surface area (Å²) in [7, 11) is -3.57. The van der Waals surface area contributed by atoms with Crippen molar-refractivity contribution in [2.24, 2.45) is 0 Å². The van der Waals surface area contributed by atoms with Crippen LogP contribution in [0.5, 0.6) is 0 Å². The molecule has 1 rings (SSSR count). The molecule has 0 saturated heterocycles. The Labute approximate surface area is 102 Å². The van der Waals surface area contributed by atoms with Gasteiger partial charge in [0.2, 0.25) is 10.0 Å². The highest BCUT2D eigenvalue weighted by Crippen LogP contribution is 2.18. The molecule has 0 atom stereocenters. The first kappa shape index (κ1) is 13.7. The molecule has 0 bridgehead atoms. The molecule has 0 aliphatic rings. The number of nitrogens with one attached hydrogen (secondary N) is 1. The SMILES string of the molecule is CCCCNS(=O)(=O)c1cccc(C)c1C#N. The quantitative estimate of drug-likeness (QED) is 0.814. The van der Waals surface area contributed by atoms with Crippen molar-refractivity contribution in [2.45, 2.75) is 31.6 Å². The summed E-state index contributed by atoms with van der Waals surface area (Å²) in [6.07, 6.45) is 1.70. The molecular weight excluding hydrogens is 236 g/mol. The number of hydrogen-bond donors (Lipinski definition) is 1. The van der Waals surface area contributed by atoms with Gasteiger partial charge in [0, 0.05) is 6.54 Å². The first-order valence-corrected chi connectivity index (χ1v) is 7.00. The number of hydrogen-bond acceptors (Lipinski definition) is 3. The zero-order chi connectivity index (χ0) is 12.9. The summed E-state index contributed by atoms with van der Waals surface area (Å²) in [6, 6.07) is 6.77. The highest BCUT2D eigenvalue weighted by molar-refractivity contribution is 7.89. The Bertz CT molecular complexity index is 530. The van der Waals surface area contributed by atoms with Crippen molar-refractivity contribution in [3.8, 4) is 6.07 Å². The number of nitrogens with zero attached hydrogens (tertiary/aromatic N) is 1. The third-order valence-electron chi connectivity index (χ3n) is 2.46. The van der Waals surface area contributed by atoms with Gasteiger partial charge in [-0.05, 0) is 25.0 Å². The van der Waals surface area contributed by atoms with Crippen LogP contribution in [0.4, 0.5) is 0 Å². The lowest BCUT2D eigenvalue weighted by Gasteiger charge is -2.08. The lowest BCUT2D eigenvalue weighted by molar-refractivity contribution is 0.578. The zero-order valence-electron chi connectivity index (χ0n) is 10.0. The smallest absolute Gasteiger partial charge is 0.211 e. The van der Waals surface area contributed by atoms with E-state index < -0.39 is 10.0 Å². The zero-order valence-corrected chi connectivity index (χ0v) is 10.8. The third-order valence-corrected chi connectivity index (χ3v) is 3.96. The number of sulfonamides is 1. The van der Waals surface area contributed by atoms with Gasteiger partial charge in [0.15, 0.2) is 0 Å². The average Bonchev–Trinajstić information content (AvgIpc) is 2.29. The van der Waals surface area contributed by atoms with Gasteiger partial charge in [0.1, 0.15) is 6.07 Å². The average molecular weight is 252 g/mol. The van der Waals surface area contributed by atoms with Gasteiger partial charge in [-0.1, -0.05) is 25.5 Å². The van der Waals surface area contributed by atoms with Crippen molar-refractivity contribution < 1.29 is 8.42 Å². The number of aryl methyl sites for hydroxylation is 1. The molecule has 0 spiro atoms. The maximum atomic E-state index is 12.0. The Morgan fingerprint density at radius 2 is 2.12 bits per heavy atom.